The zero-order valence-electron chi connectivity index (χ0n) is 15.5. The lowest BCUT2D eigenvalue weighted by molar-refractivity contribution is -0.116. The Labute approximate surface area is 161 Å². The van der Waals surface area contributed by atoms with Gasteiger partial charge in [-0.3, -0.25) is 9.69 Å². The van der Waals surface area contributed by atoms with Crippen LogP contribution in [0.5, 0.6) is 0 Å². The van der Waals surface area contributed by atoms with Gasteiger partial charge in [0.25, 0.3) is 0 Å². The second kappa shape index (κ2) is 9.70. The van der Waals surface area contributed by atoms with E-state index in [0.29, 0.717) is 18.2 Å². The fourth-order valence-corrected chi connectivity index (χ4v) is 3.50. The number of piperidine rings is 1. The molecule has 1 amide bonds. The molecular formula is C23H25N3O. The van der Waals surface area contributed by atoms with E-state index in [-0.39, 0.29) is 5.91 Å². The van der Waals surface area contributed by atoms with Gasteiger partial charge in [0.15, 0.2) is 0 Å². The lowest BCUT2D eigenvalue weighted by Crippen LogP contribution is -2.45. The lowest BCUT2D eigenvalue weighted by Gasteiger charge is -2.35. The van der Waals surface area contributed by atoms with Crippen molar-refractivity contribution in [3.05, 3.63) is 77.4 Å². The van der Waals surface area contributed by atoms with E-state index < -0.39 is 0 Å². The van der Waals surface area contributed by atoms with Gasteiger partial charge in [-0.1, -0.05) is 55.0 Å². The van der Waals surface area contributed by atoms with Crippen LogP contribution in [0.2, 0.25) is 0 Å². The number of nitrogens with one attached hydrogen (secondary N) is 1. The van der Waals surface area contributed by atoms with Crippen molar-refractivity contribution in [1.29, 1.82) is 5.26 Å². The summed E-state index contributed by atoms with van der Waals surface area (Å²) >= 11 is 0. The summed E-state index contributed by atoms with van der Waals surface area (Å²) in [5.41, 5.74) is 2.64. The third-order valence-electron chi connectivity index (χ3n) is 4.98. The first kappa shape index (κ1) is 18.9. The van der Waals surface area contributed by atoms with Gasteiger partial charge in [-0.2, -0.15) is 5.26 Å². The number of nitriles is 1. The Morgan fingerprint density at radius 2 is 1.93 bits per heavy atom. The van der Waals surface area contributed by atoms with Crippen LogP contribution in [0.3, 0.4) is 0 Å². The van der Waals surface area contributed by atoms with E-state index in [9.17, 15) is 4.79 Å². The van der Waals surface area contributed by atoms with Gasteiger partial charge < -0.3 is 5.32 Å². The van der Waals surface area contributed by atoms with Crippen molar-refractivity contribution in [1.82, 2.24) is 10.2 Å². The summed E-state index contributed by atoms with van der Waals surface area (Å²) in [6.45, 7) is 2.64. The molecule has 1 saturated heterocycles. The fraction of sp³-hybridized carbons (Fsp3) is 0.304. The van der Waals surface area contributed by atoms with Gasteiger partial charge in [-0.05, 0) is 42.7 Å². The maximum Gasteiger partial charge on any atom is 0.244 e. The molecule has 0 saturated carbocycles. The number of hydrogen-bond acceptors (Lipinski definition) is 3. The normalized spacial score (nSPS) is 17.5. The minimum absolute atomic E-state index is 0.118. The van der Waals surface area contributed by atoms with Gasteiger partial charge in [-0.25, -0.2) is 0 Å². The number of carbonyl (C=O) groups is 1. The van der Waals surface area contributed by atoms with Crippen LogP contribution in [-0.4, -0.2) is 29.9 Å². The first-order chi connectivity index (χ1) is 13.3. The van der Waals surface area contributed by atoms with E-state index in [1.165, 1.54) is 24.5 Å². The average molecular weight is 359 g/mol. The monoisotopic (exact) mass is 359 g/mol. The molecule has 0 spiro atoms. The maximum atomic E-state index is 12.2. The third-order valence-corrected chi connectivity index (χ3v) is 4.98. The average Bonchev–Trinajstić information content (AvgIpc) is 2.72. The minimum atomic E-state index is -0.118. The second-order valence-electron chi connectivity index (χ2n) is 6.88. The van der Waals surface area contributed by atoms with Crippen molar-refractivity contribution in [2.75, 3.05) is 13.1 Å². The van der Waals surface area contributed by atoms with Gasteiger partial charge in [0.2, 0.25) is 5.91 Å². The lowest BCUT2D eigenvalue weighted by atomic mass is 10.0. The summed E-state index contributed by atoms with van der Waals surface area (Å²) < 4.78 is 0. The Kier molecular flexibility index (Phi) is 6.78. The summed E-state index contributed by atoms with van der Waals surface area (Å²) in [5, 5.41) is 12.1. The zero-order chi connectivity index (χ0) is 18.9. The van der Waals surface area contributed by atoms with E-state index in [4.69, 9.17) is 5.26 Å². The molecule has 0 bridgehead atoms. The van der Waals surface area contributed by atoms with Gasteiger partial charge in [0.1, 0.15) is 0 Å². The number of likely N-dealkylation sites (tertiary alicyclic amines) is 1. The molecule has 1 aliphatic rings. The van der Waals surface area contributed by atoms with Crippen molar-refractivity contribution < 1.29 is 4.79 Å². The predicted octanol–water partition coefficient (Wildman–Crippen LogP) is 3.74. The second-order valence-corrected chi connectivity index (χ2v) is 6.88. The summed E-state index contributed by atoms with van der Waals surface area (Å²) in [6.07, 6.45) is 6.74. The van der Waals surface area contributed by atoms with E-state index in [1.54, 1.807) is 12.1 Å². The molecule has 138 valence electrons. The van der Waals surface area contributed by atoms with E-state index in [1.807, 2.05) is 24.3 Å². The molecule has 0 aromatic heterocycles. The highest BCUT2D eigenvalue weighted by Crippen LogP contribution is 2.19. The van der Waals surface area contributed by atoms with E-state index >= 15 is 0 Å². The highest BCUT2D eigenvalue weighted by molar-refractivity contribution is 5.92. The van der Waals surface area contributed by atoms with Crippen LogP contribution in [0.4, 0.5) is 0 Å². The fourth-order valence-electron chi connectivity index (χ4n) is 3.50. The molecule has 2 aromatic rings. The molecule has 0 aliphatic carbocycles. The molecule has 3 rings (SSSR count). The minimum Gasteiger partial charge on any atom is -0.351 e. The Morgan fingerprint density at radius 1 is 1.15 bits per heavy atom. The molecule has 1 N–H and O–H groups in total. The van der Waals surface area contributed by atoms with Crippen molar-refractivity contribution in [3.63, 3.8) is 0 Å². The molecule has 27 heavy (non-hydrogen) atoms. The maximum absolute atomic E-state index is 12.2. The highest BCUT2D eigenvalue weighted by atomic mass is 16.1. The van der Waals surface area contributed by atoms with E-state index in [0.717, 1.165) is 25.1 Å². The predicted molar refractivity (Wildman–Crippen MR) is 108 cm³/mol. The molecule has 1 aliphatic heterocycles. The first-order valence-corrected chi connectivity index (χ1v) is 9.49. The third kappa shape index (κ3) is 5.54. The topological polar surface area (TPSA) is 56.1 Å². The number of hydrogen-bond donors (Lipinski definition) is 1. The van der Waals surface area contributed by atoms with Crippen LogP contribution in [-0.2, 0) is 11.3 Å². The van der Waals surface area contributed by atoms with Crippen molar-refractivity contribution in [2.45, 2.75) is 31.8 Å². The smallest absolute Gasteiger partial charge is 0.244 e. The largest absolute Gasteiger partial charge is 0.351 e. The first-order valence-electron chi connectivity index (χ1n) is 9.49. The van der Waals surface area contributed by atoms with Crippen molar-refractivity contribution in [3.8, 4) is 6.07 Å². The van der Waals surface area contributed by atoms with Crippen LogP contribution in [0.25, 0.3) is 6.08 Å². The van der Waals surface area contributed by atoms with Gasteiger partial charge in [-0.15, -0.1) is 0 Å². The van der Waals surface area contributed by atoms with Crippen LogP contribution < -0.4 is 5.32 Å². The number of carbonyl (C=O) groups excluding carboxylic acids is 1. The van der Waals surface area contributed by atoms with Crippen LogP contribution in [0.1, 0.15) is 36.0 Å². The van der Waals surface area contributed by atoms with Crippen LogP contribution >= 0.6 is 0 Å². The Hall–Kier alpha value is -2.90. The number of benzene rings is 2. The highest BCUT2D eigenvalue weighted by Gasteiger charge is 2.22. The molecule has 1 heterocycles. The molecule has 4 heteroatoms. The molecule has 1 unspecified atom stereocenters. The Balaban J connectivity index is 1.55. The molecule has 2 aromatic carbocycles. The molecule has 0 radical (unpaired) electrons. The van der Waals surface area contributed by atoms with Gasteiger partial charge in [0.05, 0.1) is 11.6 Å². The molecular weight excluding hydrogens is 334 g/mol. The van der Waals surface area contributed by atoms with Gasteiger partial charge >= 0.3 is 0 Å². The standard InChI is InChI=1S/C23H25N3O/c24-16-21-11-5-4-10-20(21)13-14-23(27)25-17-22-12-6-7-15-26(22)18-19-8-2-1-3-9-19/h1-5,8-11,13-14,22H,6-7,12,15,17-18H2,(H,25,27)/b14-13+. The van der Waals surface area contributed by atoms with Crippen molar-refractivity contribution in [2.24, 2.45) is 0 Å². The number of rotatable bonds is 6. The number of nitrogens with zero attached hydrogens (tertiary/aromatic N) is 2. The number of amides is 1. The Bertz CT molecular complexity index is 823. The summed E-state index contributed by atoms with van der Waals surface area (Å²) in [7, 11) is 0. The van der Waals surface area contributed by atoms with Crippen LogP contribution in [0, 0.1) is 11.3 Å². The summed E-state index contributed by atoms with van der Waals surface area (Å²) in [6, 6.07) is 20.3. The van der Waals surface area contributed by atoms with Gasteiger partial charge in [0, 0.05) is 25.2 Å². The Morgan fingerprint density at radius 3 is 2.74 bits per heavy atom. The molecule has 1 atom stereocenters. The SMILES string of the molecule is N#Cc1ccccc1/C=C/C(=O)NCC1CCCCN1Cc1ccccc1. The van der Waals surface area contributed by atoms with E-state index in [2.05, 4.69) is 40.6 Å². The molecule has 1 fully saturated rings. The van der Waals surface area contributed by atoms with Crippen LogP contribution in [0.15, 0.2) is 60.7 Å². The quantitative estimate of drug-likeness (QED) is 0.800. The molecule has 4 nitrogen and oxygen atoms in total. The van der Waals surface area contributed by atoms with Crippen molar-refractivity contribution >= 4 is 12.0 Å². The summed E-state index contributed by atoms with van der Waals surface area (Å²) in [4.78, 5) is 14.7. The zero-order valence-corrected chi connectivity index (χ0v) is 15.5. The summed E-state index contributed by atoms with van der Waals surface area (Å²) in [5.74, 6) is -0.118.